The molecule has 0 saturated heterocycles. The molecule has 0 aliphatic carbocycles. The molecule has 3 nitrogen and oxygen atoms in total. The number of hydrogen-bond donors (Lipinski definition) is 2. The van der Waals surface area contributed by atoms with Crippen molar-refractivity contribution in [1.29, 1.82) is 0 Å². The molecule has 0 spiro atoms. The van der Waals surface area contributed by atoms with Crippen LogP contribution in [0.1, 0.15) is 11.1 Å². The molecule has 0 radical (unpaired) electrons. The average Bonchev–Trinajstić information content (AvgIpc) is 2.84. The lowest BCUT2D eigenvalue weighted by atomic mass is 10.1. The molecule has 2 aromatic carbocycles. The number of nitrogens with zero attached hydrogens (tertiary/aromatic N) is 1. The standard InChI is InChI=1S/C18H18FNO2/c1-12-10-20(18-6-5-14(19)9-17(12)18)15-4-2-3-13(7-15)8-16(22)11-21/h2-7,9-10,16,21-22H,8,11H2,1H3/t16-/m0/s1. The minimum absolute atomic E-state index is 0.242. The molecule has 1 heterocycles. The van der Waals surface area contributed by atoms with Crippen LogP contribution >= 0.6 is 0 Å². The smallest absolute Gasteiger partial charge is 0.123 e. The second-order valence-electron chi connectivity index (χ2n) is 5.55. The second-order valence-corrected chi connectivity index (χ2v) is 5.55. The second kappa shape index (κ2) is 5.91. The molecule has 22 heavy (non-hydrogen) atoms. The maximum Gasteiger partial charge on any atom is 0.123 e. The average molecular weight is 299 g/mol. The van der Waals surface area contributed by atoms with E-state index < -0.39 is 6.10 Å². The van der Waals surface area contributed by atoms with Crippen molar-refractivity contribution in [2.75, 3.05) is 6.61 Å². The molecule has 0 saturated carbocycles. The number of rotatable bonds is 4. The molecule has 114 valence electrons. The Balaban J connectivity index is 2.06. The van der Waals surface area contributed by atoms with Gasteiger partial charge in [0.05, 0.1) is 18.2 Å². The predicted molar refractivity (Wildman–Crippen MR) is 84.8 cm³/mol. The molecule has 0 aliphatic heterocycles. The van der Waals surface area contributed by atoms with Gasteiger partial charge in [-0.2, -0.15) is 0 Å². The minimum atomic E-state index is -0.757. The summed E-state index contributed by atoms with van der Waals surface area (Å²) in [6, 6.07) is 12.5. The van der Waals surface area contributed by atoms with Gasteiger partial charge in [-0.15, -0.1) is 0 Å². The molecule has 1 atom stereocenters. The van der Waals surface area contributed by atoms with Crippen LogP contribution in [0.2, 0.25) is 0 Å². The van der Waals surface area contributed by atoms with Gasteiger partial charge in [0.25, 0.3) is 0 Å². The van der Waals surface area contributed by atoms with E-state index in [1.54, 1.807) is 12.1 Å². The highest BCUT2D eigenvalue weighted by Gasteiger charge is 2.10. The number of aliphatic hydroxyl groups excluding tert-OH is 2. The van der Waals surface area contributed by atoms with E-state index in [1.165, 1.54) is 6.07 Å². The first-order chi connectivity index (χ1) is 10.6. The van der Waals surface area contributed by atoms with Crippen molar-refractivity contribution in [3.63, 3.8) is 0 Å². The van der Waals surface area contributed by atoms with Crippen LogP contribution in [0.4, 0.5) is 4.39 Å². The Hall–Kier alpha value is -2.17. The highest BCUT2D eigenvalue weighted by molar-refractivity contribution is 5.85. The summed E-state index contributed by atoms with van der Waals surface area (Å²) in [5.41, 5.74) is 3.85. The molecule has 0 unspecified atom stereocenters. The topological polar surface area (TPSA) is 45.4 Å². The summed E-state index contributed by atoms with van der Waals surface area (Å²) in [7, 11) is 0. The SMILES string of the molecule is Cc1cn(-c2cccc(C[C@H](O)CO)c2)c2ccc(F)cc12. The maximum atomic E-state index is 13.4. The summed E-state index contributed by atoms with van der Waals surface area (Å²) in [5, 5.41) is 19.4. The van der Waals surface area contributed by atoms with Crippen molar-refractivity contribution in [3.05, 3.63) is 65.6 Å². The summed E-state index contributed by atoms with van der Waals surface area (Å²) in [6.45, 7) is 1.70. The summed E-state index contributed by atoms with van der Waals surface area (Å²) in [5.74, 6) is -0.242. The minimum Gasteiger partial charge on any atom is -0.394 e. The van der Waals surface area contributed by atoms with Gasteiger partial charge >= 0.3 is 0 Å². The predicted octanol–water partition coefficient (Wildman–Crippen LogP) is 2.97. The number of aromatic nitrogens is 1. The van der Waals surface area contributed by atoms with E-state index in [2.05, 4.69) is 0 Å². The lowest BCUT2D eigenvalue weighted by Crippen LogP contribution is -2.15. The highest BCUT2D eigenvalue weighted by atomic mass is 19.1. The fraction of sp³-hybridized carbons (Fsp3) is 0.222. The third kappa shape index (κ3) is 2.75. The van der Waals surface area contributed by atoms with Crippen LogP contribution in [0.3, 0.4) is 0 Å². The number of benzene rings is 2. The first kappa shape index (κ1) is 14.8. The normalized spacial score (nSPS) is 12.7. The summed E-state index contributed by atoms with van der Waals surface area (Å²) in [6.07, 6.45) is 1.62. The largest absolute Gasteiger partial charge is 0.394 e. The summed E-state index contributed by atoms with van der Waals surface area (Å²) in [4.78, 5) is 0. The lowest BCUT2D eigenvalue weighted by molar-refractivity contribution is 0.0955. The van der Waals surface area contributed by atoms with E-state index in [0.29, 0.717) is 6.42 Å². The van der Waals surface area contributed by atoms with Gasteiger partial charge in [0.1, 0.15) is 5.82 Å². The van der Waals surface area contributed by atoms with Gasteiger partial charge in [0, 0.05) is 23.7 Å². The monoisotopic (exact) mass is 299 g/mol. The Bertz CT molecular complexity index is 810. The summed E-state index contributed by atoms with van der Waals surface area (Å²) >= 11 is 0. The molecule has 0 bridgehead atoms. The van der Waals surface area contributed by atoms with Gasteiger partial charge in [-0.1, -0.05) is 12.1 Å². The van der Waals surface area contributed by atoms with Crippen molar-refractivity contribution in [2.45, 2.75) is 19.4 Å². The van der Waals surface area contributed by atoms with Gasteiger partial charge in [-0.3, -0.25) is 0 Å². The summed E-state index contributed by atoms with van der Waals surface area (Å²) < 4.78 is 15.4. The quantitative estimate of drug-likeness (QED) is 0.778. The van der Waals surface area contributed by atoms with Crippen molar-refractivity contribution in [1.82, 2.24) is 4.57 Å². The molecule has 0 amide bonds. The zero-order valence-corrected chi connectivity index (χ0v) is 12.3. The third-order valence-corrected chi connectivity index (χ3v) is 3.84. The highest BCUT2D eigenvalue weighted by Crippen LogP contribution is 2.25. The van der Waals surface area contributed by atoms with E-state index in [4.69, 9.17) is 5.11 Å². The Morgan fingerprint density at radius 2 is 2.00 bits per heavy atom. The molecule has 3 aromatic rings. The number of aryl methyl sites for hydroxylation is 1. The van der Waals surface area contributed by atoms with Gasteiger partial charge < -0.3 is 14.8 Å². The zero-order valence-electron chi connectivity index (χ0n) is 12.3. The van der Waals surface area contributed by atoms with Crippen LogP contribution in [0.5, 0.6) is 0 Å². The van der Waals surface area contributed by atoms with Gasteiger partial charge in [0.2, 0.25) is 0 Å². The van der Waals surface area contributed by atoms with Crippen LogP contribution in [0, 0.1) is 12.7 Å². The first-order valence-corrected chi connectivity index (χ1v) is 7.24. The van der Waals surface area contributed by atoms with Gasteiger partial charge in [-0.25, -0.2) is 4.39 Å². The van der Waals surface area contributed by atoms with Gasteiger partial charge in [0.15, 0.2) is 0 Å². The number of halogens is 1. The van der Waals surface area contributed by atoms with Crippen molar-refractivity contribution in [3.8, 4) is 5.69 Å². The van der Waals surface area contributed by atoms with Crippen LogP contribution in [-0.2, 0) is 6.42 Å². The van der Waals surface area contributed by atoms with E-state index in [9.17, 15) is 9.50 Å². The van der Waals surface area contributed by atoms with E-state index in [1.807, 2.05) is 42.0 Å². The van der Waals surface area contributed by atoms with Crippen molar-refractivity contribution >= 4 is 10.9 Å². The maximum absolute atomic E-state index is 13.4. The zero-order chi connectivity index (χ0) is 15.7. The number of aliphatic hydroxyl groups is 2. The Labute approximate surface area is 128 Å². The third-order valence-electron chi connectivity index (χ3n) is 3.84. The molecule has 2 N–H and O–H groups in total. The Kier molecular flexibility index (Phi) is 3.96. The molecule has 1 aromatic heterocycles. The lowest BCUT2D eigenvalue weighted by Gasteiger charge is -2.10. The molecular weight excluding hydrogens is 281 g/mol. The molecule has 3 rings (SSSR count). The van der Waals surface area contributed by atoms with Gasteiger partial charge in [-0.05, 0) is 48.4 Å². The Morgan fingerprint density at radius 3 is 2.77 bits per heavy atom. The van der Waals surface area contributed by atoms with Crippen molar-refractivity contribution in [2.24, 2.45) is 0 Å². The molecular formula is C18H18FNO2. The molecule has 4 heteroatoms. The van der Waals surface area contributed by atoms with E-state index in [-0.39, 0.29) is 12.4 Å². The first-order valence-electron chi connectivity index (χ1n) is 7.24. The fourth-order valence-corrected chi connectivity index (χ4v) is 2.75. The van der Waals surface area contributed by atoms with E-state index in [0.717, 1.165) is 27.7 Å². The fourth-order valence-electron chi connectivity index (χ4n) is 2.75. The van der Waals surface area contributed by atoms with Crippen LogP contribution in [0.15, 0.2) is 48.7 Å². The van der Waals surface area contributed by atoms with E-state index >= 15 is 0 Å². The number of fused-ring (bicyclic) bond motifs is 1. The van der Waals surface area contributed by atoms with Crippen LogP contribution < -0.4 is 0 Å². The van der Waals surface area contributed by atoms with Crippen molar-refractivity contribution < 1.29 is 14.6 Å². The van der Waals surface area contributed by atoms with Crippen LogP contribution in [0.25, 0.3) is 16.6 Å². The molecule has 0 fully saturated rings. The Morgan fingerprint density at radius 1 is 1.18 bits per heavy atom. The van der Waals surface area contributed by atoms with Crippen LogP contribution in [-0.4, -0.2) is 27.5 Å². The number of hydrogen-bond acceptors (Lipinski definition) is 2. The molecule has 0 aliphatic rings.